The largest absolute Gasteiger partial charge is 0.326 e. The molecule has 0 aromatic heterocycles. The zero-order valence-electron chi connectivity index (χ0n) is 10.9. The normalized spacial score (nSPS) is 11.3. The van der Waals surface area contributed by atoms with Crippen LogP contribution in [0, 0.1) is 5.41 Å². The van der Waals surface area contributed by atoms with E-state index in [4.69, 9.17) is 0 Å². The van der Waals surface area contributed by atoms with E-state index in [1.807, 2.05) is 52.1 Å². The topological polar surface area (TPSA) is 53.2 Å². The summed E-state index contributed by atoms with van der Waals surface area (Å²) in [5.41, 5.74) is 7.50. The number of hydrogen-bond acceptors (Lipinski definition) is 3. The van der Waals surface area contributed by atoms with Gasteiger partial charge in [-0.1, -0.05) is 32.9 Å². The zero-order chi connectivity index (χ0) is 12.9. The Labute approximate surface area is 103 Å². The van der Waals surface area contributed by atoms with Crippen molar-refractivity contribution in [1.29, 1.82) is 0 Å². The summed E-state index contributed by atoms with van der Waals surface area (Å²) >= 11 is 0. The number of rotatable bonds is 4. The van der Waals surface area contributed by atoms with E-state index in [1.54, 1.807) is 0 Å². The van der Waals surface area contributed by atoms with Crippen molar-refractivity contribution in [3.05, 3.63) is 29.8 Å². The maximum absolute atomic E-state index is 11.8. The monoisotopic (exact) mass is 235 g/mol. The lowest BCUT2D eigenvalue weighted by molar-refractivity contribution is -0.123. The van der Waals surface area contributed by atoms with Crippen LogP contribution < -0.4 is 16.2 Å². The summed E-state index contributed by atoms with van der Waals surface area (Å²) in [4.78, 5) is 11.8. The highest BCUT2D eigenvalue weighted by Crippen LogP contribution is 2.17. The van der Waals surface area contributed by atoms with Gasteiger partial charge in [0.1, 0.15) is 0 Å². The molecule has 1 aromatic rings. The molecule has 17 heavy (non-hydrogen) atoms. The van der Waals surface area contributed by atoms with Crippen LogP contribution in [0.25, 0.3) is 0 Å². The minimum atomic E-state index is -0.369. The second-order valence-electron chi connectivity index (χ2n) is 5.00. The van der Waals surface area contributed by atoms with Gasteiger partial charge in [-0.15, -0.1) is 0 Å². The molecule has 1 amide bonds. The molecule has 0 saturated heterocycles. The Balaban J connectivity index is 2.59. The van der Waals surface area contributed by atoms with Gasteiger partial charge >= 0.3 is 0 Å². The molecule has 0 aliphatic heterocycles. The third-order valence-corrected chi connectivity index (χ3v) is 2.36. The van der Waals surface area contributed by atoms with Crippen molar-refractivity contribution in [2.24, 2.45) is 5.41 Å². The molecule has 0 aliphatic rings. The summed E-state index contributed by atoms with van der Waals surface area (Å²) in [6.45, 7) is 6.44. The van der Waals surface area contributed by atoms with Crippen LogP contribution in [0.5, 0.6) is 0 Å². The Morgan fingerprint density at radius 1 is 1.18 bits per heavy atom. The number of hydrogen-bond donors (Lipinski definition) is 3. The maximum Gasteiger partial charge on any atom is 0.229 e. The average molecular weight is 235 g/mol. The zero-order valence-corrected chi connectivity index (χ0v) is 10.9. The fraction of sp³-hybridized carbons (Fsp3) is 0.462. The molecule has 0 fully saturated rings. The summed E-state index contributed by atoms with van der Waals surface area (Å²) in [6, 6.07) is 7.80. The van der Waals surface area contributed by atoms with Crippen LogP contribution in [-0.2, 0) is 11.3 Å². The van der Waals surface area contributed by atoms with Gasteiger partial charge in [-0.25, -0.2) is 0 Å². The lowest BCUT2D eigenvalue weighted by Gasteiger charge is -2.17. The fourth-order valence-corrected chi connectivity index (χ4v) is 1.21. The van der Waals surface area contributed by atoms with E-state index in [0.29, 0.717) is 0 Å². The fourth-order valence-electron chi connectivity index (χ4n) is 1.21. The van der Waals surface area contributed by atoms with E-state index in [2.05, 4.69) is 16.2 Å². The predicted molar refractivity (Wildman–Crippen MR) is 70.4 cm³/mol. The molecule has 0 aliphatic carbocycles. The van der Waals surface area contributed by atoms with E-state index in [-0.39, 0.29) is 11.3 Å². The Morgan fingerprint density at radius 3 is 2.24 bits per heavy atom. The molecule has 0 saturated carbocycles. The number of carbonyl (C=O) groups excluding carboxylic acids is 1. The number of amides is 1. The minimum absolute atomic E-state index is 0.0265. The first-order valence-corrected chi connectivity index (χ1v) is 5.73. The Kier molecular flexibility index (Phi) is 4.66. The quantitative estimate of drug-likeness (QED) is 0.699. The third kappa shape index (κ3) is 4.54. The van der Waals surface area contributed by atoms with Crippen molar-refractivity contribution in [3.8, 4) is 0 Å². The van der Waals surface area contributed by atoms with Crippen LogP contribution in [0.3, 0.4) is 0 Å². The van der Waals surface area contributed by atoms with Gasteiger partial charge < -0.3 is 5.32 Å². The van der Waals surface area contributed by atoms with Crippen molar-refractivity contribution >= 4 is 11.6 Å². The third-order valence-electron chi connectivity index (χ3n) is 2.36. The molecule has 1 rings (SSSR count). The Hall–Kier alpha value is -1.39. The van der Waals surface area contributed by atoms with Crippen LogP contribution in [0.2, 0.25) is 0 Å². The summed E-state index contributed by atoms with van der Waals surface area (Å²) in [6.07, 6.45) is 0. The van der Waals surface area contributed by atoms with Gasteiger partial charge in [-0.05, 0) is 24.7 Å². The number of benzene rings is 1. The van der Waals surface area contributed by atoms with E-state index >= 15 is 0 Å². The van der Waals surface area contributed by atoms with E-state index in [1.165, 1.54) is 0 Å². The van der Waals surface area contributed by atoms with E-state index in [0.717, 1.165) is 17.8 Å². The van der Waals surface area contributed by atoms with E-state index < -0.39 is 0 Å². The van der Waals surface area contributed by atoms with Gasteiger partial charge in [-0.2, -0.15) is 0 Å². The molecule has 94 valence electrons. The number of hydrazine groups is 1. The molecule has 0 spiro atoms. The molecule has 4 heteroatoms. The lowest BCUT2D eigenvalue weighted by Crippen LogP contribution is -2.28. The first-order chi connectivity index (χ1) is 7.93. The van der Waals surface area contributed by atoms with Gasteiger partial charge in [0.15, 0.2) is 0 Å². The van der Waals surface area contributed by atoms with Crippen molar-refractivity contribution in [1.82, 2.24) is 10.9 Å². The molecule has 0 heterocycles. The van der Waals surface area contributed by atoms with Gasteiger partial charge in [0.2, 0.25) is 5.91 Å². The first-order valence-electron chi connectivity index (χ1n) is 5.73. The van der Waals surface area contributed by atoms with Crippen molar-refractivity contribution in [2.45, 2.75) is 27.3 Å². The summed E-state index contributed by atoms with van der Waals surface area (Å²) < 4.78 is 0. The van der Waals surface area contributed by atoms with E-state index in [9.17, 15) is 4.79 Å². The smallest absolute Gasteiger partial charge is 0.229 e. The van der Waals surface area contributed by atoms with Gasteiger partial charge in [0.05, 0.1) is 0 Å². The van der Waals surface area contributed by atoms with Crippen LogP contribution in [-0.4, -0.2) is 13.0 Å². The Bertz CT molecular complexity index is 365. The molecule has 0 bridgehead atoms. The second-order valence-corrected chi connectivity index (χ2v) is 5.00. The van der Waals surface area contributed by atoms with Crippen LogP contribution in [0.4, 0.5) is 5.69 Å². The second kappa shape index (κ2) is 5.80. The molecule has 0 atom stereocenters. The SMILES string of the molecule is CNNCc1ccc(NC(=O)C(C)(C)C)cc1. The first kappa shape index (κ1) is 13.7. The molecular weight excluding hydrogens is 214 g/mol. The Morgan fingerprint density at radius 2 is 1.76 bits per heavy atom. The predicted octanol–water partition coefficient (Wildman–Crippen LogP) is 1.90. The van der Waals surface area contributed by atoms with Crippen LogP contribution in [0.15, 0.2) is 24.3 Å². The summed E-state index contributed by atoms with van der Waals surface area (Å²) in [5.74, 6) is 0.0265. The van der Waals surface area contributed by atoms with Crippen molar-refractivity contribution in [3.63, 3.8) is 0 Å². The molecule has 0 radical (unpaired) electrons. The summed E-state index contributed by atoms with van der Waals surface area (Å²) in [5, 5.41) is 2.89. The highest BCUT2D eigenvalue weighted by atomic mass is 16.2. The van der Waals surface area contributed by atoms with Gasteiger partial charge in [0.25, 0.3) is 0 Å². The van der Waals surface area contributed by atoms with Gasteiger partial charge in [0, 0.05) is 17.6 Å². The molecule has 3 N–H and O–H groups in total. The minimum Gasteiger partial charge on any atom is -0.326 e. The molecule has 1 aromatic carbocycles. The van der Waals surface area contributed by atoms with Gasteiger partial charge in [-0.3, -0.25) is 15.6 Å². The van der Waals surface area contributed by atoms with Crippen LogP contribution >= 0.6 is 0 Å². The maximum atomic E-state index is 11.8. The number of nitrogens with one attached hydrogen (secondary N) is 3. The van der Waals surface area contributed by atoms with Crippen molar-refractivity contribution in [2.75, 3.05) is 12.4 Å². The highest BCUT2D eigenvalue weighted by Gasteiger charge is 2.20. The molecular formula is C13H21N3O. The summed E-state index contributed by atoms with van der Waals surface area (Å²) in [7, 11) is 1.83. The number of carbonyl (C=O) groups is 1. The number of anilines is 1. The van der Waals surface area contributed by atoms with Crippen molar-refractivity contribution < 1.29 is 4.79 Å². The highest BCUT2D eigenvalue weighted by molar-refractivity contribution is 5.94. The van der Waals surface area contributed by atoms with Crippen LogP contribution in [0.1, 0.15) is 26.3 Å². The lowest BCUT2D eigenvalue weighted by atomic mass is 9.95. The standard InChI is InChI=1S/C13H21N3O/c1-13(2,3)12(17)16-11-7-5-10(6-8-11)9-15-14-4/h5-8,14-15H,9H2,1-4H3,(H,16,17). The average Bonchev–Trinajstić information content (AvgIpc) is 2.27. The molecule has 0 unspecified atom stereocenters. The molecule has 4 nitrogen and oxygen atoms in total.